The zero-order valence-electron chi connectivity index (χ0n) is 4.11. The molecule has 0 saturated heterocycles. The van der Waals surface area contributed by atoms with Crippen LogP contribution in [0.5, 0.6) is 0 Å². The summed E-state index contributed by atoms with van der Waals surface area (Å²) in [7, 11) is -3.13. The van der Waals surface area contributed by atoms with Gasteiger partial charge in [0.05, 0.1) is 0 Å². The van der Waals surface area contributed by atoms with Crippen LogP contribution < -0.4 is 0 Å². The Morgan fingerprint density at radius 3 is 1.00 bits per heavy atom. The van der Waals surface area contributed by atoms with E-state index in [1.54, 1.807) is 0 Å². The molecule has 46 valence electrons. The van der Waals surface area contributed by atoms with Gasteiger partial charge in [0.15, 0.2) is 0 Å². The van der Waals surface area contributed by atoms with Crippen LogP contribution in [0.2, 0.25) is 0 Å². The molecule has 0 heterocycles. The lowest BCUT2D eigenvalue weighted by molar-refractivity contribution is 0.405. The van der Waals surface area contributed by atoms with Gasteiger partial charge in [-0.2, -0.15) is 0 Å². The van der Waals surface area contributed by atoms with E-state index in [-0.39, 0.29) is 0 Å². The van der Waals surface area contributed by atoms with E-state index in [0.717, 1.165) is 0 Å². The quantitative estimate of drug-likeness (QED) is 0.358. The highest BCUT2D eigenvalue weighted by Gasteiger charge is 1.61. The van der Waals surface area contributed by atoms with Gasteiger partial charge in [0, 0.05) is 0 Å². The summed E-state index contributed by atoms with van der Waals surface area (Å²) in [5, 5.41) is 0. The van der Waals surface area contributed by atoms with Gasteiger partial charge < -0.3 is 9.79 Å². The standard InChI is InChI=1S/2C2H2.H3O3P/c2*1-2;1-4(2)3/h2*1-2H;4H,(H2,1,2,3). The van der Waals surface area contributed by atoms with Crippen molar-refractivity contribution in [2.45, 2.75) is 0 Å². The summed E-state index contributed by atoms with van der Waals surface area (Å²) in [5.41, 5.74) is 0. The Kier molecular flexibility index (Phi) is 66.2. The summed E-state index contributed by atoms with van der Waals surface area (Å²) in [5.74, 6) is 0. The molecule has 0 spiro atoms. The van der Waals surface area contributed by atoms with Gasteiger partial charge in [-0.05, 0) is 0 Å². The molecule has 0 rings (SSSR count). The average Bonchev–Trinajstić information content (AvgIpc) is 1.75. The minimum atomic E-state index is -3.13. The molecular formula is C4H7O3P. The monoisotopic (exact) mass is 134 g/mol. The summed E-state index contributed by atoms with van der Waals surface area (Å²) >= 11 is 0. The zero-order valence-corrected chi connectivity index (χ0v) is 5.11. The first-order chi connectivity index (χ1) is 3.73. The largest absolute Gasteiger partial charge is 0.326 e. The second-order valence-electron chi connectivity index (χ2n) is 0.283. The van der Waals surface area contributed by atoms with Crippen molar-refractivity contribution in [2.75, 3.05) is 0 Å². The van der Waals surface area contributed by atoms with Crippen LogP contribution in [0.15, 0.2) is 0 Å². The summed E-state index contributed by atoms with van der Waals surface area (Å²) in [6, 6.07) is 0. The van der Waals surface area contributed by atoms with E-state index in [2.05, 4.69) is 25.7 Å². The molecule has 0 aliphatic heterocycles. The minimum absolute atomic E-state index is 3.13. The molecule has 2 N–H and O–H groups in total. The smallest absolute Gasteiger partial charge is 0.314 e. The zero-order chi connectivity index (χ0) is 7.58. The fourth-order valence-corrected chi connectivity index (χ4v) is 0. The average molecular weight is 134 g/mol. The van der Waals surface area contributed by atoms with Gasteiger partial charge in [-0.15, -0.1) is 25.7 Å². The van der Waals surface area contributed by atoms with Crippen LogP contribution in [0.25, 0.3) is 0 Å². The van der Waals surface area contributed by atoms with Gasteiger partial charge in [-0.3, -0.25) is 4.57 Å². The number of terminal acetylenes is 2. The van der Waals surface area contributed by atoms with Gasteiger partial charge >= 0.3 is 8.25 Å². The fourth-order valence-electron chi connectivity index (χ4n) is 0. The predicted molar refractivity (Wildman–Crippen MR) is 33.2 cm³/mol. The third-order valence-electron chi connectivity index (χ3n) is 0. The predicted octanol–water partition coefficient (Wildman–Crippen LogP) is -0.141. The molecule has 0 radical (unpaired) electrons. The summed E-state index contributed by atoms with van der Waals surface area (Å²) in [4.78, 5) is 14.3. The summed E-state index contributed by atoms with van der Waals surface area (Å²) in [6.45, 7) is 0. The first-order valence-electron chi connectivity index (χ1n) is 1.32. The van der Waals surface area contributed by atoms with Crippen LogP contribution in [0, 0.1) is 25.7 Å². The van der Waals surface area contributed by atoms with Gasteiger partial charge in [-0.1, -0.05) is 0 Å². The maximum absolute atomic E-state index is 8.74. The SMILES string of the molecule is C#C.C#C.O=[PH](O)O. The maximum Gasteiger partial charge on any atom is 0.314 e. The van der Waals surface area contributed by atoms with E-state index >= 15 is 0 Å². The van der Waals surface area contributed by atoms with Crippen molar-refractivity contribution in [1.82, 2.24) is 0 Å². The highest BCUT2D eigenvalue weighted by atomic mass is 31.1. The van der Waals surface area contributed by atoms with Crippen molar-refractivity contribution in [1.29, 1.82) is 0 Å². The lowest BCUT2D eigenvalue weighted by Gasteiger charge is -1.61. The van der Waals surface area contributed by atoms with Crippen molar-refractivity contribution in [3.63, 3.8) is 0 Å². The third-order valence-corrected chi connectivity index (χ3v) is 0. The van der Waals surface area contributed by atoms with Gasteiger partial charge in [0.1, 0.15) is 0 Å². The van der Waals surface area contributed by atoms with Crippen LogP contribution in [0.3, 0.4) is 0 Å². The second-order valence-corrected chi connectivity index (χ2v) is 0.848. The molecule has 4 heteroatoms. The molecule has 3 nitrogen and oxygen atoms in total. The van der Waals surface area contributed by atoms with E-state index in [0.29, 0.717) is 0 Å². The molecule has 0 bridgehead atoms. The van der Waals surface area contributed by atoms with Gasteiger partial charge in [0.2, 0.25) is 0 Å². The molecule has 0 unspecified atom stereocenters. The van der Waals surface area contributed by atoms with E-state index in [4.69, 9.17) is 14.4 Å². The molecule has 0 aliphatic carbocycles. The molecular weight excluding hydrogens is 127 g/mol. The van der Waals surface area contributed by atoms with Crippen molar-refractivity contribution < 1.29 is 14.4 Å². The van der Waals surface area contributed by atoms with Crippen molar-refractivity contribution in [3.8, 4) is 25.7 Å². The topological polar surface area (TPSA) is 57.5 Å². The lowest BCUT2D eigenvalue weighted by atomic mass is 11.4. The third kappa shape index (κ3) is 180. The van der Waals surface area contributed by atoms with Crippen molar-refractivity contribution in [2.24, 2.45) is 0 Å². The van der Waals surface area contributed by atoms with E-state index in [9.17, 15) is 0 Å². The number of hydrogen-bond acceptors (Lipinski definition) is 1. The normalized spacial score (nSPS) is 4.88. The van der Waals surface area contributed by atoms with Crippen LogP contribution in [0.4, 0.5) is 0 Å². The lowest BCUT2D eigenvalue weighted by Crippen LogP contribution is -1.38. The van der Waals surface area contributed by atoms with Gasteiger partial charge in [0.25, 0.3) is 0 Å². The first-order valence-corrected chi connectivity index (χ1v) is 2.62. The minimum Gasteiger partial charge on any atom is -0.326 e. The Labute approximate surface area is 49.3 Å². The molecule has 0 aromatic rings. The van der Waals surface area contributed by atoms with E-state index in [1.807, 2.05) is 0 Å². The van der Waals surface area contributed by atoms with Crippen LogP contribution in [0.1, 0.15) is 0 Å². The van der Waals surface area contributed by atoms with Crippen LogP contribution >= 0.6 is 8.25 Å². The van der Waals surface area contributed by atoms with Gasteiger partial charge in [-0.25, -0.2) is 0 Å². The van der Waals surface area contributed by atoms with Crippen LogP contribution in [-0.2, 0) is 4.57 Å². The molecule has 8 heavy (non-hydrogen) atoms. The highest BCUT2D eigenvalue weighted by molar-refractivity contribution is 7.30. The first kappa shape index (κ1) is 15.7. The number of hydrogen-bond donors (Lipinski definition) is 2. The summed E-state index contributed by atoms with van der Waals surface area (Å²) < 4.78 is 8.74. The van der Waals surface area contributed by atoms with E-state index in [1.165, 1.54) is 0 Å². The molecule has 0 aromatic heterocycles. The Morgan fingerprint density at radius 2 is 1.00 bits per heavy atom. The Balaban J connectivity index is -0.0000000542. The second kappa shape index (κ2) is 33.8. The van der Waals surface area contributed by atoms with Crippen LogP contribution in [-0.4, -0.2) is 9.79 Å². The molecule has 0 aliphatic rings. The maximum atomic E-state index is 8.74. The molecule has 0 fully saturated rings. The highest BCUT2D eigenvalue weighted by Crippen LogP contribution is 1.98. The Morgan fingerprint density at radius 1 is 1.00 bits per heavy atom. The van der Waals surface area contributed by atoms with E-state index < -0.39 is 8.25 Å². The number of rotatable bonds is 0. The molecule has 0 aromatic carbocycles. The van der Waals surface area contributed by atoms with Crippen molar-refractivity contribution in [3.05, 3.63) is 0 Å². The summed E-state index contributed by atoms with van der Waals surface area (Å²) in [6.07, 6.45) is 16.0. The molecule has 0 amide bonds. The molecule has 0 atom stereocenters. The Hall–Kier alpha value is -0.730. The fraction of sp³-hybridized carbons (Fsp3) is 0. The Bertz CT molecular complexity index is 73.8. The van der Waals surface area contributed by atoms with Crippen molar-refractivity contribution >= 4 is 8.25 Å². The molecule has 0 saturated carbocycles.